The van der Waals surface area contributed by atoms with Gasteiger partial charge in [-0.15, -0.1) is 0 Å². The Morgan fingerprint density at radius 3 is 2.08 bits per heavy atom. The molecule has 4 aromatic rings. The minimum atomic E-state index is -0.372. The molecule has 0 saturated heterocycles. The fourth-order valence-corrected chi connectivity index (χ4v) is 4.23. The summed E-state index contributed by atoms with van der Waals surface area (Å²) in [6.07, 6.45) is 0.369. The zero-order valence-electron chi connectivity index (χ0n) is 21.9. The molecule has 1 heterocycles. The summed E-state index contributed by atoms with van der Waals surface area (Å²) in [6.45, 7) is 7.56. The first-order valence-corrected chi connectivity index (χ1v) is 12.3. The van der Waals surface area contributed by atoms with E-state index in [0.717, 1.165) is 10.9 Å². The highest BCUT2D eigenvalue weighted by atomic mass is 19.1. The van der Waals surface area contributed by atoms with Crippen LogP contribution in [0.4, 0.5) is 21.5 Å². The number of nitrogens with zero attached hydrogens (tertiary/aromatic N) is 1. The van der Waals surface area contributed by atoms with E-state index in [-0.39, 0.29) is 35.5 Å². The zero-order valence-corrected chi connectivity index (χ0v) is 21.9. The summed E-state index contributed by atoms with van der Waals surface area (Å²) in [4.78, 5) is 37.1. The molecule has 0 saturated carbocycles. The number of hydrogen-bond donors (Lipinski definition) is 3. The van der Waals surface area contributed by atoms with Crippen LogP contribution in [0.15, 0.2) is 72.8 Å². The van der Waals surface area contributed by atoms with Crippen LogP contribution < -0.4 is 16.0 Å². The van der Waals surface area contributed by atoms with Gasteiger partial charge in [0.05, 0.1) is 6.54 Å². The van der Waals surface area contributed by atoms with Gasteiger partial charge in [-0.3, -0.25) is 14.4 Å². The van der Waals surface area contributed by atoms with E-state index in [1.165, 1.54) is 13.0 Å². The van der Waals surface area contributed by atoms with Crippen LogP contribution >= 0.6 is 0 Å². The Labute approximate surface area is 221 Å². The quantitative estimate of drug-likeness (QED) is 0.266. The van der Waals surface area contributed by atoms with Crippen LogP contribution in [0.1, 0.15) is 50.2 Å². The average molecular weight is 515 g/mol. The summed E-state index contributed by atoms with van der Waals surface area (Å²) >= 11 is 0. The number of anilines is 3. The number of benzene rings is 3. The number of halogens is 1. The standard InChI is InChI=1S/C30H31FN4O3/c1-19(36)32-22-9-11-23(12-10-22)34-29(38)27-16-21-15-24(33-28(37)17-30(2,3)4)13-14-26(21)35(27)18-20-7-5-6-8-25(20)31/h5-16H,17-18H2,1-4H3,(H,32,36)(H,33,37)(H,34,38). The van der Waals surface area contributed by atoms with E-state index in [4.69, 9.17) is 0 Å². The molecule has 7 nitrogen and oxygen atoms in total. The first-order chi connectivity index (χ1) is 18.0. The lowest BCUT2D eigenvalue weighted by Gasteiger charge is -2.17. The van der Waals surface area contributed by atoms with E-state index in [1.807, 2.05) is 32.9 Å². The van der Waals surface area contributed by atoms with Crippen molar-refractivity contribution < 1.29 is 18.8 Å². The first kappa shape index (κ1) is 26.6. The van der Waals surface area contributed by atoms with E-state index in [0.29, 0.717) is 34.7 Å². The monoisotopic (exact) mass is 514 g/mol. The summed E-state index contributed by atoms with van der Waals surface area (Å²) in [5, 5.41) is 9.23. The number of amides is 3. The molecule has 3 amide bonds. The third kappa shape index (κ3) is 6.64. The normalized spacial score (nSPS) is 11.3. The Morgan fingerprint density at radius 1 is 0.816 bits per heavy atom. The van der Waals surface area contributed by atoms with Gasteiger partial charge in [0.15, 0.2) is 0 Å². The number of carbonyl (C=O) groups is 3. The minimum absolute atomic E-state index is 0.0942. The lowest BCUT2D eigenvalue weighted by atomic mass is 9.92. The zero-order chi connectivity index (χ0) is 27.4. The van der Waals surface area contributed by atoms with Crippen molar-refractivity contribution in [2.24, 2.45) is 5.41 Å². The fraction of sp³-hybridized carbons (Fsp3) is 0.233. The molecule has 3 aromatic carbocycles. The van der Waals surface area contributed by atoms with Crippen molar-refractivity contribution in [2.45, 2.75) is 40.7 Å². The molecule has 0 aliphatic heterocycles. The maximum Gasteiger partial charge on any atom is 0.272 e. The molecule has 8 heteroatoms. The van der Waals surface area contributed by atoms with Crippen LogP contribution in [0.3, 0.4) is 0 Å². The Kier molecular flexibility index (Phi) is 7.62. The van der Waals surface area contributed by atoms with Gasteiger partial charge in [0.2, 0.25) is 11.8 Å². The summed E-state index contributed by atoms with van der Waals surface area (Å²) in [5.41, 5.74) is 3.15. The molecule has 0 aliphatic rings. The van der Waals surface area contributed by atoms with Crippen molar-refractivity contribution in [1.82, 2.24) is 4.57 Å². The molecular weight excluding hydrogens is 483 g/mol. The van der Waals surface area contributed by atoms with Gasteiger partial charge in [-0.25, -0.2) is 4.39 Å². The van der Waals surface area contributed by atoms with E-state index in [2.05, 4.69) is 16.0 Å². The maximum atomic E-state index is 14.5. The van der Waals surface area contributed by atoms with E-state index in [9.17, 15) is 18.8 Å². The summed E-state index contributed by atoms with van der Waals surface area (Å²) in [6, 6.07) is 20.4. The van der Waals surface area contributed by atoms with Gasteiger partial charge in [0.1, 0.15) is 11.5 Å². The van der Waals surface area contributed by atoms with Crippen molar-refractivity contribution in [2.75, 3.05) is 16.0 Å². The Balaban J connectivity index is 1.67. The van der Waals surface area contributed by atoms with E-state index < -0.39 is 0 Å². The smallest absolute Gasteiger partial charge is 0.272 e. The van der Waals surface area contributed by atoms with E-state index >= 15 is 0 Å². The van der Waals surface area contributed by atoms with Gasteiger partial charge in [-0.05, 0) is 60.0 Å². The minimum Gasteiger partial charge on any atom is -0.332 e. The Bertz CT molecular complexity index is 1500. The van der Waals surface area contributed by atoms with Crippen molar-refractivity contribution in [1.29, 1.82) is 0 Å². The molecule has 0 radical (unpaired) electrons. The molecule has 0 spiro atoms. The molecule has 0 atom stereocenters. The van der Waals surface area contributed by atoms with Crippen LogP contribution in [-0.2, 0) is 16.1 Å². The van der Waals surface area contributed by atoms with Gasteiger partial charge >= 0.3 is 0 Å². The first-order valence-electron chi connectivity index (χ1n) is 12.3. The van der Waals surface area contributed by atoms with Gasteiger partial charge in [-0.2, -0.15) is 0 Å². The molecule has 196 valence electrons. The molecule has 3 N–H and O–H groups in total. The number of hydrogen-bond acceptors (Lipinski definition) is 3. The number of rotatable bonds is 7. The third-order valence-corrected chi connectivity index (χ3v) is 5.86. The van der Waals surface area contributed by atoms with Crippen LogP contribution in [0, 0.1) is 11.2 Å². The van der Waals surface area contributed by atoms with Crippen molar-refractivity contribution >= 4 is 45.7 Å². The lowest BCUT2D eigenvalue weighted by Crippen LogP contribution is -2.19. The highest BCUT2D eigenvalue weighted by Gasteiger charge is 2.19. The summed E-state index contributed by atoms with van der Waals surface area (Å²) < 4.78 is 16.3. The number of nitrogens with one attached hydrogen (secondary N) is 3. The van der Waals surface area contributed by atoms with Crippen LogP contribution in [0.25, 0.3) is 10.9 Å². The van der Waals surface area contributed by atoms with Gasteiger partial charge < -0.3 is 20.5 Å². The molecule has 0 bridgehead atoms. The van der Waals surface area contributed by atoms with Gasteiger partial charge in [0, 0.05) is 46.9 Å². The second kappa shape index (κ2) is 10.9. The maximum absolute atomic E-state index is 14.5. The second-order valence-electron chi connectivity index (χ2n) is 10.5. The molecule has 1 aromatic heterocycles. The Morgan fingerprint density at radius 2 is 1.45 bits per heavy atom. The molecular formula is C30H31FN4O3. The molecule has 0 unspecified atom stereocenters. The van der Waals surface area contributed by atoms with Crippen LogP contribution in [-0.4, -0.2) is 22.3 Å². The molecule has 0 fully saturated rings. The molecule has 0 aliphatic carbocycles. The molecule has 4 rings (SSSR count). The fourth-order valence-electron chi connectivity index (χ4n) is 4.23. The van der Waals surface area contributed by atoms with Gasteiger partial charge in [0.25, 0.3) is 5.91 Å². The highest BCUT2D eigenvalue weighted by Crippen LogP contribution is 2.27. The van der Waals surface area contributed by atoms with E-state index in [1.54, 1.807) is 59.2 Å². The Hall–Kier alpha value is -4.46. The largest absolute Gasteiger partial charge is 0.332 e. The predicted octanol–water partition coefficient (Wildman–Crippen LogP) is 6.41. The average Bonchev–Trinajstić information content (AvgIpc) is 3.18. The summed E-state index contributed by atoms with van der Waals surface area (Å²) in [7, 11) is 0. The second-order valence-corrected chi connectivity index (χ2v) is 10.5. The SMILES string of the molecule is CC(=O)Nc1ccc(NC(=O)c2cc3cc(NC(=O)CC(C)(C)C)ccc3n2Cc2ccccc2F)cc1. The topological polar surface area (TPSA) is 92.2 Å². The third-order valence-electron chi connectivity index (χ3n) is 5.86. The number of carbonyl (C=O) groups excluding carboxylic acids is 3. The number of aromatic nitrogens is 1. The van der Waals surface area contributed by atoms with Crippen LogP contribution in [0.5, 0.6) is 0 Å². The summed E-state index contributed by atoms with van der Waals surface area (Å²) in [5.74, 6) is -1.01. The highest BCUT2D eigenvalue weighted by molar-refractivity contribution is 6.07. The molecule has 38 heavy (non-hydrogen) atoms. The van der Waals surface area contributed by atoms with Crippen molar-refractivity contribution in [3.63, 3.8) is 0 Å². The number of fused-ring (bicyclic) bond motifs is 1. The predicted molar refractivity (Wildman–Crippen MR) is 149 cm³/mol. The lowest BCUT2D eigenvalue weighted by molar-refractivity contribution is -0.118. The van der Waals surface area contributed by atoms with Crippen molar-refractivity contribution in [3.05, 3.63) is 89.9 Å². The van der Waals surface area contributed by atoms with Crippen molar-refractivity contribution in [3.8, 4) is 0 Å². The van der Waals surface area contributed by atoms with Crippen LogP contribution in [0.2, 0.25) is 0 Å². The van der Waals surface area contributed by atoms with Gasteiger partial charge in [-0.1, -0.05) is 39.0 Å².